The Balaban J connectivity index is 2.32. The van der Waals surface area contributed by atoms with Gasteiger partial charge in [-0.25, -0.2) is 4.39 Å². The van der Waals surface area contributed by atoms with Gasteiger partial charge in [-0.3, -0.25) is 0 Å². The molecule has 2 N–H and O–H groups in total. The standard InChI is InChI=1S/C14H21FN2O/c1-14(2)5-4-6-17(9-14)12-8-13(18-3)11(16)7-10(12)15/h7-8H,4-6,9,16H2,1-3H3. The Morgan fingerprint density at radius 1 is 1.39 bits per heavy atom. The fraction of sp³-hybridized carbons (Fsp3) is 0.571. The molecule has 100 valence electrons. The number of methoxy groups -OCH3 is 1. The number of hydrogen-bond acceptors (Lipinski definition) is 3. The van der Waals surface area contributed by atoms with Crippen molar-refractivity contribution in [3.63, 3.8) is 0 Å². The van der Waals surface area contributed by atoms with E-state index < -0.39 is 0 Å². The highest BCUT2D eigenvalue weighted by molar-refractivity contribution is 5.63. The van der Waals surface area contributed by atoms with Crippen molar-refractivity contribution in [1.29, 1.82) is 0 Å². The Bertz CT molecular complexity index is 446. The number of nitrogens with two attached hydrogens (primary N) is 1. The molecule has 1 aromatic carbocycles. The molecule has 1 aliphatic rings. The maximum absolute atomic E-state index is 14.0. The van der Waals surface area contributed by atoms with Crippen molar-refractivity contribution in [3.05, 3.63) is 17.9 Å². The Morgan fingerprint density at radius 2 is 2.11 bits per heavy atom. The third-order valence-corrected chi connectivity index (χ3v) is 3.54. The van der Waals surface area contributed by atoms with E-state index in [4.69, 9.17) is 10.5 Å². The average molecular weight is 252 g/mol. The summed E-state index contributed by atoms with van der Waals surface area (Å²) in [7, 11) is 1.55. The highest BCUT2D eigenvalue weighted by Crippen LogP contribution is 2.36. The Hall–Kier alpha value is -1.45. The molecule has 0 amide bonds. The summed E-state index contributed by atoms with van der Waals surface area (Å²) < 4.78 is 19.2. The summed E-state index contributed by atoms with van der Waals surface area (Å²) in [6, 6.07) is 3.04. The Morgan fingerprint density at radius 3 is 2.72 bits per heavy atom. The van der Waals surface area contributed by atoms with Gasteiger partial charge >= 0.3 is 0 Å². The van der Waals surface area contributed by atoms with Gasteiger partial charge in [-0.2, -0.15) is 0 Å². The summed E-state index contributed by atoms with van der Waals surface area (Å²) in [6.45, 7) is 6.17. The number of hydrogen-bond donors (Lipinski definition) is 1. The van der Waals surface area contributed by atoms with Crippen LogP contribution in [0.4, 0.5) is 15.8 Å². The topological polar surface area (TPSA) is 38.5 Å². The first-order valence-electron chi connectivity index (χ1n) is 6.31. The second-order valence-electron chi connectivity index (χ2n) is 5.73. The van der Waals surface area contributed by atoms with Crippen LogP contribution >= 0.6 is 0 Å². The molecule has 0 aliphatic carbocycles. The van der Waals surface area contributed by atoms with E-state index in [0.717, 1.165) is 19.5 Å². The van der Waals surface area contributed by atoms with Crippen LogP contribution in [-0.2, 0) is 0 Å². The normalized spacial score (nSPS) is 18.8. The molecule has 0 atom stereocenters. The van der Waals surface area contributed by atoms with Crippen LogP contribution in [0.25, 0.3) is 0 Å². The molecule has 0 spiro atoms. The van der Waals surface area contributed by atoms with Crippen molar-refractivity contribution in [3.8, 4) is 5.75 Å². The molecule has 0 unspecified atom stereocenters. The zero-order valence-corrected chi connectivity index (χ0v) is 11.3. The largest absolute Gasteiger partial charge is 0.495 e. The van der Waals surface area contributed by atoms with Gasteiger partial charge in [-0.1, -0.05) is 13.8 Å². The Kier molecular flexibility index (Phi) is 3.37. The molecule has 0 bridgehead atoms. The molecule has 1 aromatic rings. The van der Waals surface area contributed by atoms with Crippen molar-refractivity contribution in [2.45, 2.75) is 26.7 Å². The van der Waals surface area contributed by atoms with E-state index in [1.54, 1.807) is 13.2 Å². The molecule has 2 rings (SSSR count). The Labute approximate surface area is 108 Å². The molecule has 0 radical (unpaired) electrons. The average Bonchev–Trinajstić information content (AvgIpc) is 2.27. The highest BCUT2D eigenvalue weighted by atomic mass is 19.1. The maximum Gasteiger partial charge on any atom is 0.148 e. The molecule has 1 heterocycles. The molecule has 4 heteroatoms. The second kappa shape index (κ2) is 4.67. The fourth-order valence-corrected chi connectivity index (χ4v) is 2.61. The zero-order chi connectivity index (χ0) is 13.3. The highest BCUT2D eigenvalue weighted by Gasteiger charge is 2.28. The van der Waals surface area contributed by atoms with Gasteiger partial charge in [0.1, 0.15) is 11.6 Å². The van der Waals surface area contributed by atoms with E-state index in [1.807, 2.05) is 0 Å². The van der Waals surface area contributed by atoms with Crippen molar-refractivity contribution in [2.75, 3.05) is 30.8 Å². The van der Waals surface area contributed by atoms with Crippen molar-refractivity contribution < 1.29 is 9.13 Å². The van der Waals surface area contributed by atoms with Crippen LogP contribution < -0.4 is 15.4 Å². The molecule has 3 nitrogen and oxygen atoms in total. The van der Waals surface area contributed by atoms with E-state index in [1.165, 1.54) is 12.5 Å². The molecule has 1 saturated heterocycles. The van der Waals surface area contributed by atoms with E-state index in [0.29, 0.717) is 17.1 Å². The van der Waals surface area contributed by atoms with Crippen molar-refractivity contribution >= 4 is 11.4 Å². The molecular weight excluding hydrogens is 231 g/mol. The van der Waals surface area contributed by atoms with Crippen molar-refractivity contribution in [2.24, 2.45) is 5.41 Å². The van der Waals surface area contributed by atoms with Gasteiger partial charge < -0.3 is 15.4 Å². The first-order valence-corrected chi connectivity index (χ1v) is 6.31. The van der Waals surface area contributed by atoms with Gasteiger partial charge in [-0.05, 0) is 18.3 Å². The van der Waals surface area contributed by atoms with Crippen LogP contribution in [0.3, 0.4) is 0 Å². The fourth-order valence-electron chi connectivity index (χ4n) is 2.61. The zero-order valence-electron chi connectivity index (χ0n) is 11.3. The van der Waals surface area contributed by atoms with E-state index in [9.17, 15) is 4.39 Å². The number of nitrogens with zero attached hydrogens (tertiary/aromatic N) is 1. The SMILES string of the molecule is COc1cc(N2CCCC(C)(C)C2)c(F)cc1N. The number of ether oxygens (including phenoxy) is 1. The third kappa shape index (κ3) is 2.52. The quantitative estimate of drug-likeness (QED) is 0.822. The smallest absolute Gasteiger partial charge is 0.148 e. The molecule has 18 heavy (non-hydrogen) atoms. The predicted octanol–water partition coefficient (Wildman–Crippen LogP) is 3.04. The number of anilines is 2. The van der Waals surface area contributed by atoms with Crippen LogP contribution in [0.2, 0.25) is 0 Å². The lowest BCUT2D eigenvalue weighted by Crippen LogP contribution is -2.40. The van der Waals surface area contributed by atoms with Gasteiger partial charge in [0.25, 0.3) is 0 Å². The molecule has 0 saturated carbocycles. The first-order chi connectivity index (χ1) is 8.43. The minimum Gasteiger partial charge on any atom is -0.495 e. The molecular formula is C14H21FN2O. The van der Waals surface area contributed by atoms with Gasteiger partial charge in [0.2, 0.25) is 0 Å². The number of halogens is 1. The number of piperidine rings is 1. The minimum atomic E-state index is -0.272. The summed E-state index contributed by atoms with van der Waals surface area (Å²) in [5.41, 5.74) is 6.86. The van der Waals surface area contributed by atoms with Crippen molar-refractivity contribution in [1.82, 2.24) is 0 Å². The van der Waals surface area contributed by atoms with E-state index >= 15 is 0 Å². The predicted molar refractivity (Wildman–Crippen MR) is 72.6 cm³/mol. The number of nitrogen functional groups attached to an aromatic ring is 1. The molecule has 1 fully saturated rings. The number of rotatable bonds is 2. The summed E-state index contributed by atoms with van der Waals surface area (Å²) in [5, 5.41) is 0. The maximum atomic E-state index is 14.0. The van der Waals surface area contributed by atoms with E-state index in [2.05, 4.69) is 18.7 Å². The summed E-state index contributed by atoms with van der Waals surface area (Å²) in [6.07, 6.45) is 2.26. The second-order valence-corrected chi connectivity index (χ2v) is 5.73. The number of benzene rings is 1. The first kappa shape index (κ1) is 13.0. The van der Waals surface area contributed by atoms with Crippen LogP contribution in [0.5, 0.6) is 5.75 Å². The van der Waals surface area contributed by atoms with Crippen LogP contribution in [0.1, 0.15) is 26.7 Å². The van der Waals surface area contributed by atoms with Gasteiger partial charge in [0.05, 0.1) is 18.5 Å². The van der Waals surface area contributed by atoms with E-state index in [-0.39, 0.29) is 11.2 Å². The van der Waals surface area contributed by atoms with Crippen LogP contribution in [0, 0.1) is 11.2 Å². The minimum absolute atomic E-state index is 0.222. The molecule has 0 aromatic heterocycles. The summed E-state index contributed by atoms with van der Waals surface area (Å²) >= 11 is 0. The monoisotopic (exact) mass is 252 g/mol. The van der Waals surface area contributed by atoms with Gasteiger partial charge in [0.15, 0.2) is 0 Å². The van der Waals surface area contributed by atoms with Crippen LogP contribution in [-0.4, -0.2) is 20.2 Å². The molecule has 1 aliphatic heterocycles. The summed E-state index contributed by atoms with van der Waals surface area (Å²) in [4.78, 5) is 2.08. The lowest BCUT2D eigenvalue weighted by atomic mass is 9.84. The van der Waals surface area contributed by atoms with Gasteiger partial charge in [-0.15, -0.1) is 0 Å². The lowest BCUT2D eigenvalue weighted by molar-refractivity contribution is 0.291. The van der Waals surface area contributed by atoms with Gasteiger partial charge in [0, 0.05) is 25.2 Å². The lowest BCUT2D eigenvalue weighted by Gasteiger charge is -2.39. The third-order valence-electron chi connectivity index (χ3n) is 3.54. The van der Waals surface area contributed by atoms with Crippen LogP contribution in [0.15, 0.2) is 12.1 Å². The summed E-state index contributed by atoms with van der Waals surface area (Å²) in [5.74, 6) is 0.265.